The summed E-state index contributed by atoms with van der Waals surface area (Å²) in [5.74, 6) is -1.73. The molecule has 0 unspecified atom stereocenters. The molecule has 180 valence electrons. The van der Waals surface area contributed by atoms with E-state index >= 15 is 0 Å². The number of carboxylic acids is 1. The normalized spacial score (nSPS) is 16.9. The van der Waals surface area contributed by atoms with E-state index in [4.69, 9.17) is 19.2 Å². The zero-order valence-electron chi connectivity index (χ0n) is 19.8. The number of rotatable bonds is 8. The van der Waals surface area contributed by atoms with Crippen LogP contribution in [0.4, 0.5) is 9.18 Å². The molecule has 0 aromatic heterocycles. The minimum absolute atomic E-state index is 0.0517. The minimum atomic E-state index is -1.13. The zero-order chi connectivity index (χ0) is 24.9. The third-order valence-corrected chi connectivity index (χ3v) is 5.97. The summed E-state index contributed by atoms with van der Waals surface area (Å²) >= 11 is 0. The first-order chi connectivity index (χ1) is 16.0. The number of carbonyl (C=O) groups is 2. The smallest absolute Gasteiger partial charge is 0.481 e. The lowest BCUT2D eigenvalue weighted by molar-refractivity contribution is -0.136. The van der Waals surface area contributed by atoms with Crippen LogP contribution in [0.2, 0.25) is 0 Å². The van der Waals surface area contributed by atoms with Gasteiger partial charge in [0.25, 0.3) is 0 Å². The molecule has 1 aliphatic rings. The highest BCUT2D eigenvalue weighted by Crippen LogP contribution is 2.38. The lowest BCUT2D eigenvalue weighted by Gasteiger charge is -2.32. The third-order valence-electron chi connectivity index (χ3n) is 5.97. The van der Waals surface area contributed by atoms with Gasteiger partial charge in [-0.3, -0.25) is 4.79 Å². The van der Waals surface area contributed by atoms with Gasteiger partial charge in [0.05, 0.1) is 17.6 Å². The highest BCUT2D eigenvalue weighted by atomic mass is 19.1. The van der Waals surface area contributed by atoms with Crippen LogP contribution in [0.5, 0.6) is 0 Å². The van der Waals surface area contributed by atoms with Gasteiger partial charge in [-0.1, -0.05) is 42.5 Å². The predicted molar refractivity (Wildman–Crippen MR) is 126 cm³/mol. The number of ether oxygens (including phenoxy) is 1. The van der Waals surface area contributed by atoms with E-state index in [2.05, 4.69) is 5.32 Å². The molecule has 1 amide bonds. The topological polar surface area (TPSA) is 94.1 Å². The van der Waals surface area contributed by atoms with Crippen molar-refractivity contribution >= 4 is 25.3 Å². The van der Waals surface area contributed by atoms with Gasteiger partial charge in [-0.2, -0.15) is 0 Å². The molecule has 7 nitrogen and oxygen atoms in total. The van der Waals surface area contributed by atoms with Gasteiger partial charge in [0.15, 0.2) is 0 Å². The second-order valence-corrected chi connectivity index (χ2v) is 9.14. The summed E-state index contributed by atoms with van der Waals surface area (Å²) in [7, 11) is -0.771. The van der Waals surface area contributed by atoms with Crippen molar-refractivity contribution in [2.45, 2.75) is 51.9 Å². The van der Waals surface area contributed by atoms with Crippen LogP contribution in [0.15, 0.2) is 54.0 Å². The van der Waals surface area contributed by atoms with Crippen LogP contribution in [0.1, 0.15) is 44.4 Å². The fraction of sp³-hybridized carbons (Fsp3) is 0.360. The van der Waals surface area contributed by atoms with Crippen LogP contribution < -0.4 is 5.32 Å². The number of benzene rings is 2. The van der Waals surface area contributed by atoms with Crippen molar-refractivity contribution in [1.29, 1.82) is 0 Å². The van der Waals surface area contributed by atoms with Gasteiger partial charge in [-0.05, 0) is 62.0 Å². The molecule has 1 heterocycles. The molecule has 3 rings (SSSR count). The number of halogens is 1. The molecule has 1 saturated heterocycles. The van der Waals surface area contributed by atoms with E-state index < -0.39 is 42.6 Å². The molecule has 0 spiro atoms. The Labute approximate surface area is 199 Å². The Kier molecular flexibility index (Phi) is 7.79. The summed E-state index contributed by atoms with van der Waals surface area (Å²) in [6.45, 7) is 7.82. The third kappa shape index (κ3) is 6.45. The molecule has 0 bridgehead atoms. The van der Waals surface area contributed by atoms with Crippen molar-refractivity contribution in [3.8, 4) is 0 Å². The van der Waals surface area contributed by atoms with Crippen LogP contribution in [-0.4, -0.2) is 42.0 Å². The Balaban J connectivity index is 1.79. The second-order valence-electron chi connectivity index (χ2n) is 9.14. The Hall–Kier alpha value is -3.17. The number of hydrogen-bond donors (Lipinski definition) is 2. The maximum Gasteiger partial charge on any atom is 0.492 e. The van der Waals surface area contributed by atoms with Crippen LogP contribution >= 0.6 is 0 Å². The largest absolute Gasteiger partial charge is 0.492 e. The van der Waals surface area contributed by atoms with E-state index in [9.17, 15) is 14.0 Å². The van der Waals surface area contributed by atoms with Crippen LogP contribution in [0.3, 0.4) is 0 Å². The summed E-state index contributed by atoms with van der Waals surface area (Å²) in [6.07, 6.45) is 0.644. The lowest BCUT2D eigenvalue weighted by atomic mass is 9.77. The number of amides is 1. The molecule has 1 fully saturated rings. The molecule has 2 aromatic rings. The van der Waals surface area contributed by atoms with Crippen molar-refractivity contribution in [2.75, 3.05) is 6.54 Å². The van der Waals surface area contributed by atoms with Gasteiger partial charge >= 0.3 is 19.2 Å². The Morgan fingerprint density at radius 1 is 1.09 bits per heavy atom. The summed E-state index contributed by atoms with van der Waals surface area (Å²) < 4.78 is 31.6. The average molecular weight is 469 g/mol. The monoisotopic (exact) mass is 469 g/mol. The molecule has 9 heteroatoms. The highest BCUT2D eigenvalue weighted by Gasteiger charge is 2.52. The number of alkyl carbamates (subject to hydrolysis) is 1. The number of carbonyl (C=O) groups excluding carboxylic acids is 1. The van der Waals surface area contributed by atoms with Gasteiger partial charge in [0, 0.05) is 6.54 Å². The summed E-state index contributed by atoms with van der Waals surface area (Å²) in [6, 6.07) is 13.5. The standard InChI is InChI=1S/C25H29BFNO6/c1-24(2)25(3,4)34-26(33-24)20(13-18-10-11-21(27)19(12-18)14-22(29)30)15-28-23(31)32-16-17-8-6-5-7-9-17/h5-13H,14-16H2,1-4H3,(H,28,31)(H,29,30). The fourth-order valence-electron chi connectivity index (χ4n) is 3.34. The average Bonchev–Trinajstić information content (AvgIpc) is 2.99. The first kappa shape index (κ1) is 25.5. The summed E-state index contributed by atoms with van der Waals surface area (Å²) in [5, 5.41) is 11.8. The molecule has 1 aliphatic heterocycles. The molecule has 2 aromatic carbocycles. The molecule has 0 aliphatic carbocycles. The van der Waals surface area contributed by atoms with Crippen molar-refractivity contribution in [3.63, 3.8) is 0 Å². The van der Waals surface area contributed by atoms with Crippen molar-refractivity contribution < 1.29 is 33.1 Å². The number of carboxylic acid groups (broad SMARTS) is 1. The van der Waals surface area contributed by atoms with Crippen molar-refractivity contribution in [2.24, 2.45) is 0 Å². The molecule has 0 atom stereocenters. The van der Waals surface area contributed by atoms with E-state index in [0.29, 0.717) is 11.0 Å². The molecule has 0 saturated carbocycles. The SMILES string of the molecule is CC1(C)OB(C(=Cc2ccc(F)c(CC(=O)O)c2)CNC(=O)OCc2ccccc2)OC1(C)C. The highest BCUT2D eigenvalue weighted by molar-refractivity contribution is 6.56. The van der Waals surface area contributed by atoms with Crippen LogP contribution in [0.25, 0.3) is 6.08 Å². The zero-order valence-corrected chi connectivity index (χ0v) is 19.8. The molecular formula is C25H29BFNO6. The molecular weight excluding hydrogens is 440 g/mol. The Morgan fingerprint density at radius 3 is 2.35 bits per heavy atom. The summed E-state index contributed by atoms with van der Waals surface area (Å²) in [5.41, 5.74) is 0.829. The van der Waals surface area contributed by atoms with E-state index in [1.165, 1.54) is 18.2 Å². The van der Waals surface area contributed by atoms with Gasteiger partial charge in [0.1, 0.15) is 12.4 Å². The van der Waals surface area contributed by atoms with E-state index in [0.717, 1.165) is 5.56 Å². The van der Waals surface area contributed by atoms with E-state index in [1.54, 1.807) is 6.08 Å². The molecule has 0 radical (unpaired) electrons. The van der Waals surface area contributed by atoms with Gasteiger partial charge in [-0.15, -0.1) is 0 Å². The number of aliphatic carboxylic acids is 1. The minimum Gasteiger partial charge on any atom is -0.481 e. The van der Waals surface area contributed by atoms with Gasteiger partial charge < -0.3 is 24.5 Å². The van der Waals surface area contributed by atoms with Crippen LogP contribution in [0, 0.1) is 5.82 Å². The van der Waals surface area contributed by atoms with Crippen LogP contribution in [-0.2, 0) is 31.9 Å². The first-order valence-electron chi connectivity index (χ1n) is 11.0. The maximum atomic E-state index is 14.0. The van der Waals surface area contributed by atoms with Crippen molar-refractivity contribution in [1.82, 2.24) is 5.32 Å². The first-order valence-corrected chi connectivity index (χ1v) is 11.0. The number of hydrogen-bond acceptors (Lipinski definition) is 5. The van der Waals surface area contributed by atoms with Gasteiger partial charge in [0.2, 0.25) is 0 Å². The quantitative estimate of drug-likeness (QED) is 0.557. The van der Waals surface area contributed by atoms with E-state index in [-0.39, 0.29) is 18.7 Å². The predicted octanol–water partition coefficient (Wildman–Crippen LogP) is 4.39. The summed E-state index contributed by atoms with van der Waals surface area (Å²) in [4.78, 5) is 23.4. The number of nitrogens with one attached hydrogen (secondary N) is 1. The van der Waals surface area contributed by atoms with E-state index in [1.807, 2.05) is 58.0 Å². The second kappa shape index (κ2) is 10.4. The molecule has 34 heavy (non-hydrogen) atoms. The Bertz CT molecular complexity index is 1050. The van der Waals surface area contributed by atoms with Gasteiger partial charge in [-0.25, -0.2) is 9.18 Å². The molecule has 2 N–H and O–H groups in total. The lowest BCUT2D eigenvalue weighted by Crippen LogP contribution is -2.41. The maximum absolute atomic E-state index is 14.0. The fourth-order valence-corrected chi connectivity index (χ4v) is 3.34. The Morgan fingerprint density at radius 2 is 1.74 bits per heavy atom. The van der Waals surface area contributed by atoms with Crippen molar-refractivity contribution in [3.05, 3.63) is 76.5 Å².